The molecule has 0 spiro atoms. The van der Waals surface area contributed by atoms with Crippen LogP contribution < -0.4 is 15.5 Å². The molecule has 3 aromatic carbocycles. The number of hydrogen-bond donors (Lipinski definition) is 2. The van der Waals surface area contributed by atoms with Gasteiger partial charge in [-0.05, 0) is 54.0 Å². The number of pyridine rings is 1. The molecule has 1 amide bonds. The number of nitrogens with one attached hydrogen (secondary N) is 2. The van der Waals surface area contributed by atoms with Crippen LogP contribution in [0.1, 0.15) is 42.7 Å². The van der Waals surface area contributed by atoms with Crippen molar-refractivity contribution in [2.45, 2.75) is 43.7 Å². The van der Waals surface area contributed by atoms with Crippen molar-refractivity contribution in [2.75, 3.05) is 30.9 Å². The van der Waals surface area contributed by atoms with Crippen molar-refractivity contribution in [1.29, 1.82) is 0 Å². The molecule has 1 saturated carbocycles. The number of para-hydroxylation sites is 1. The van der Waals surface area contributed by atoms with Crippen molar-refractivity contribution in [2.24, 2.45) is 0 Å². The molecule has 1 aromatic heterocycles. The topological polar surface area (TPSA) is 66.5 Å². The average Bonchev–Trinajstić information content (AvgIpc) is 3.26. The first-order valence-corrected chi connectivity index (χ1v) is 13.5. The second-order valence-corrected chi connectivity index (χ2v) is 10.6. The second kappa shape index (κ2) is 10.4. The molecule has 0 unspecified atom stereocenters. The van der Waals surface area contributed by atoms with E-state index in [1.807, 2.05) is 6.07 Å². The van der Waals surface area contributed by atoms with E-state index in [1.54, 1.807) is 0 Å². The van der Waals surface area contributed by atoms with Gasteiger partial charge in [0.15, 0.2) is 0 Å². The Morgan fingerprint density at radius 3 is 2.16 bits per heavy atom. The first-order valence-electron chi connectivity index (χ1n) is 13.5. The fourth-order valence-electron chi connectivity index (χ4n) is 6.00. The van der Waals surface area contributed by atoms with Crippen LogP contribution in [0.3, 0.4) is 0 Å². The van der Waals surface area contributed by atoms with Crippen molar-refractivity contribution < 1.29 is 9.53 Å². The molecule has 38 heavy (non-hydrogen) atoms. The fraction of sp³-hybridized carbons (Fsp3) is 0.312. The van der Waals surface area contributed by atoms with Gasteiger partial charge in [-0.2, -0.15) is 0 Å². The summed E-state index contributed by atoms with van der Waals surface area (Å²) < 4.78 is 5.76. The first-order chi connectivity index (χ1) is 18.6. The summed E-state index contributed by atoms with van der Waals surface area (Å²) >= 11 is 0. The number of alkyl carbamates (subject to hydrolysis) is 1. The van der Waals surface area contributed by atoms with Gasteiger partial charge in [0.05, 0.1) is 5.52 Å². The van der Waals surface area contributed by atoms with Gasteiger partial charge in [0.25, 0.3) is 0 Å². The number of rotatable bonds is 6. The Morgan fingerprint density at radius 2 is 1.47 bits per heavy atom. The highest BCUT2D eigenvalue weighted by atomic mass is 16.5. The fourth-order valence-corrected chi connectivity index (χ4v) is 6.00. The van der Waals surface area contributed by atoms with Gasteiger partial charge in [-0.1, -0.05) is 66.7 Å². The van der Waals surface area contributed by atoms with E-state index in [-0.39, 0.29) is 18.1 Å². The lowest BCUT2D eigenvalue weighted by molar-refractivity contribution is 0.136. The van der Waals surface area contributed by atoms with E-state index in [9.17, 15) is 4.79 Å². The normalized spacial score (nSPS) is 18.5. The van der Waals surface area contributed by atoms with Crippen LogP contribution in [0.15, 0.2) is 78.9 Å². The minimum atomic E-state index is -0.324. The summed E-state index contributed by atoms with van der Waals surface area (Å²) in [4.78, 5) is 19.7. The van der Waals surface area contributed by atoms with Gasteiger partial charge in [-0.3, -0.25) is 0 Å². The minimum Gasteiger partial charge on any atom is -0.449 e. The third-order valence-corrected chi connectivity index (χ3v) is 7.92. The van der Waals surface area contributed by atoms with Crippen LogP contribution in [0.25, 0.3) is 22.0 Å². The predicted octanol–water partition coefficient (Wildman–Crippen LogP) is 6.56. The summed E-state index contributed by atoms with van der Waals surface area (Å²) in [5.41, 5.74) is 7.08. The van der Waals surface area contributed by atoms with Crippen LogP contribution in [0.4, 0.5) is 16.3 Å². The molecular weight excluding hydrogens is 472 g/mol. The summed E-state index contributed by atoms with van der Waals surface area (Å²) in [6.07, 6.45) is 3.45. The number of benzene rings is 3. The van der Waals surface area contributed by atoms with Gasteiger partial charge >= 0.3 is 6.09 Å². The molecule has 194 valence electrons. The predicted molar refractivity (Wildman–Crippen MR) is 154 cm³/mol. The number of anilines is 2. The summed E-state index contributed by atoms with van der Waals surface area (Å²) in [5.74, 6) is 0.981. The number of amides is 1. The van der Waals surface area contributed by atoms with Gasteiger partial charge in [0, 0.05) is 49.2 Å². The average molecular weight is 507 g/mol. The maximum Gasteiger partial charge on any atom is 0.407 e. The third-order valence-electron chi connectivity index (χ3n) is 7.92. The zero-order valence-electron chi connectivity index (χ0n) is 22.0. The molecular formula is C32H34N4O2. The molecule has 6 heteroatoms. The maximum atomic E-state index is 12.7. The quantitative estimate of drug-likeness (QED) is 0.310. The molecule has 0 aliphatic heterocycles. The molecule has 0 radical (unpaired) electrons. The highest BCUT2D eigenvalue weighted by molar-refractivity contribution is 5.93. The van der Waals surface area contributed by atoms with E-state index in [1.165, 1.54) is 22.3 Å². The van der Waals surface area contributed by atoms with Crippen LogP contribution in [-0.2, 0) is 4.74 Å². The van der Waals surface area contributed by atoms with Gasteiger partial charge in [-0.15, -0.1) is 0 Å². The summed E-state index contributed by atoms with van der Waals surface area (Å²) in [6.45, 7) is 0.346. The van der Waals surface area contributed by atoms with Crippen LogP contribution >= 0.6 is 0 Å². The Balaban J connectivity index is 1.03. The molecule has 2 aliphatic carbocycles. The van der Waals surface area contributed by atoms with Crippen molar-refractivity contribution in [3.05, 3.63) is 90.0 Å². The van der Waals surface area contributed by atoms with Crippen LogP contribution in [0, 0.1) is 0 Å². The standard InChI is InChI=1S/C32H34N4O2/c1-36(2)30-19-31(35-29-14-8-7-13-27(29)30)33-21-15-17-22(18-16-21)34-32(37)38-20-28-25-11-5-3-9-23(25)24-10-4-6-12-26(24)28/h3-14,19,21-22,28H,15-18,20H2,1-2H3,(H,33,35)(H,34,37). The molecule has 0 saturated heterocycles. The molecule has 0 atom stereocenters. The Kier molecular flexibility index (Phi) is 6.62. The molecule has 6 nitrogen and oxygen atoms in total. The van der Waals surface area contributed by atoms with Gasteiger partial charge in [0.2, 0.25) is 0 Å². The Morgan fingerprint density at radius 1 is 0.868 bits per heavy atom. The highest BCUT2D eigenvalue weighted by Crippen LogP contribution is 2.44. The second-order valence-electron chi connectivity index (χ2n) is 10.6. The number of aromatic nitrogens is 1. The Hall–Kier alpha value is -4.06. The van der Waals surface area contributed by atoms with Crippen LogP contribution in [-0.4, -0.2) is 43.9 Å². The highest BCUT2D eigenvalue weighted by Gasteiger charge is 2.30. The van der Waals surface area contributed by atoms with Crippen molar-refractivity contribution in [3.8, 4) is 11.1 Å². The number of hydrogen-bond acceptors (Lipinski definition) is 5. The molecule has 2 N–H and O–H groups in total. The molecule has 1 fully saturated rings. The van der Waals surface area contributed by atoms with Gasteiger partial charge in [-0.25, -0.2) is 9.78 Å². The zero-order chi connectivity index (χ0) is 26.1. The van der Waals surface area contributed by atoms with Crippen LogP contribution in [0.5, 0.6) is 0 Å². The Labute approximate surface area is 224 Å². The lowest BCUT2D eigenvalue weighted by atomic mass is 9.91. The molecule has 1 heterocycles. The lowest BCUT2D eigenvalue weighted by Crippen LogP contribution is -2.40. The zero-order valence-corrected chi connectivity index (χ0v) is 22.0. The number of carbonyl (C=O) groups is 1. The lowest BCUT2D eigenvalue weighted by Gasteiger charge is -2.30. The van der Waals surface area contributed by atoms with Crippen molar-refractivity contribution in [3.63, 3.8) is 0 Å². The van der Waals surface area contributed by atoms with E-state index in [2.05, 4.69) is 102 Å². The van der Waals surface area contributed by atoms with Crippen molar-refractivity contribution in [1.82, 2.24) is 10.3 Å². The summed E-state index contributed by atoms with van der Waals surface area (Å²) in [5, 5.41) is 7.91. The van der Waals surface area contributed by atoms with E-state index in [0.29, 0.717) is 12.6 Å². The van der Waals surface area contributed by atoms with E-state index in [4.69, 9.17) is 9.72 Å². The largest absolute Gasteiger partial charge is 0.449 e. The maximum absolute atomic E-state index is 12.7. The minimum absolute atomic E-state index is 0.0783. The number of fused-ring (bicyclic) bond motifs is 4. The van der Waals surface area contributed by atoms with Gasteiger partial charge < -0.3 is 20.3 Å². The third kappa shape index (κ3) is 4.78. The molecule has 0 bridgehead atoms. The van der Waals surface area contributed by atoms with Crippen molar-refractivity contribution >= 4 is 28.5 Å². The SMILES string of the molecule is CN(C)c1cc(NC2CCC(NC(=O)OCC3c4ccccc4-c4ccccc43)CC2)nc2ccccc12. The molecule has 6 rings (SSSR count). The monoisotopic (exact) mass is 506 g/mol. The van der Waals surface area contributed by atoms with E-state index < -0.39 is 0 Å². The smallest absolute Gasteiger partial charge is 0.407 e. The molecule has 2 aliphatic rings. The van der Waals surface area contributed by atoms with Crippen LogP contribution in [0.2, 0.25) is 0 Å². The number of carbonyl (C=O) groups excluding carboxylic acids is 1. The number of nitrogens with zero attached hydrogens (tertiary/aromatic N) is 2. The van der Waals surface area contributed by atoms with E-state index in [0.717, 1.165) is 48.1 Å². The Bertz CT molecular complexity index is 1410. The molecule has 4 aromatic rings. The van der Waals surface area contributed by atoms with Gasteiger partial charge in [0.1, 0.15) is 12.4 Å². The summed E-state index contributed by atoms with van der Waals surface area (Å²) in [6, 6.07) is 27.7. The first kappa shape index (κ1) is 24.3. The van der Waals surface area contributed by atoms with E-state index >= 15 is 0 Å². The summed E-state index contributed by atoms with van der Waals surface area (Å²) in [7, 11) is 4.12. The number of ether oxygens (including phenoxy) is 1.